The molecule has 1 aliphatic heterocycles. The summed E-state index contributed by atoms with van der Waals surface area (Å²) in [4.78, 5) is 11.6. The highest BCUT2D eigenvalue weighted by Crippen LogP contribution is 2.16. The fourth-order valence-corrected chi connectivity index (χ4v) is 2.23. The summed E-state index contributed by atoms with van der Waals surface area (Å²) in [6, 6.07) is 2.42. The molecule has 0 spiro atoms. The predicted molar refractivity (Wildman–Crippen MR) is 71.5 cm³/mol. The van der Waals surface area contributed by atoms with Crippen LogP contribution in [0.1, 0.15) is 19.3 Å². The average molecular weight is 284 g/mol. The number of urea groups is 1. The third kappa shape index (κ3) is 4.77. The number of hydrogen-bond acceptors (Lipinski definition) is 2. The van der Waals surface area contributed by atoms with Gasteiger partial charge in [-0.25, -0.2) is 13.6 Å². The summed E-state index contributed by atoms with van der Waals surface area (Å²) < 4.78 is 31.2. The number of halogens is 2. The standard InChI is InChI=1S/C14H18F2N2O2/c15-11-6-12(16)8-13(7-11)18-14(19)17-4-3-10-2-1-5-20-9-10/h6-8,10H,1-5,9H2,(H2,17,18,19)/t10-/m1/s1. The summed E-state index contributed by atoms with van der Waals surface area (Å²) in [5.74, 6) is -0.977. The number of carbonyl (C=O) groups is 1. The number of ether oxygens (including phenoxy) is 1. The number of benzene rings is 1. The fraction of sp³-hybridized carbons (Fsp3) is 0.500. The van der Waals surface area contributed by atoms with E-state index in [4.69, 9.17) is 4.74 Å². The SMILES string of the molecule is O=C(NCC[C@H]1CCCOC1)Nc1cc(F)cc(F)c1. The molecule has 0 unspecified atom stereocenters. The van der Waals surface area contributed by atoms with Crippen molar-refractivity contribution < 1.29 is 18.3 Å². The maximum Gasteiger partial charge on any atom is 0.319 e. The van der Waals surface area contributed by atoms with E-state index in [2.05, 4.69) is 10.6 Å². The van der Waals surface area contributed by atoms with Gasteiger partial charge in [-0.2, -0.15) is 0 Å². The van der Waals surface area contributed by atoms with Gasteiger partial charge in [0.15, 0.2) is 0 Å². The summed E-state index contributed by atoms with van der Waals surface area (Å²) >= 11 is 0. The van der Waals surface area contributed by atoms with Gasteiger partial charge in [-0.3, -0.25) is 0 Å². The van der Waals surface area contributed by atoms with Gasteiger partial charge in [0.2, 0.25) is 0 Å². The van der Waals surface area contributed by atoms with E-state index in [0.717, 1.165) is 50.7 Å². The minimum Gasteiger partial charge on any atom is -0.381 e. The third-order valence-electron chi connectivity index (χ3n) is 3.21. The van der Waals surface area contributed by atoms with Gasteiger partial charge in [0, 0.05) is 31.5 Å². The van der Waals surface area contributed by atoms with Crippen molar-refractivity contribution in [2.75, 3.05) is 25.1 Å². The van der Waals surface area contributed by atoms with Crippen molar-refractivity contribution in [1.29, 1.82) is 0 Å². The van der Waals surface area contributed by atoms with Crippen LogP contribution in [0.15, 0.2) is 18.2 Å². The summed E-state index contributed by atoms with van der Waals surface area (Å²) in [5.41, 5.74) is 0.0981. The normalized spacial score (nSPS) is 18.6. The highest BCUT2D eigenvalue weighted by Gasteiger charge is 2.13. The number of anilines is 1. The second kappa shape index (κ2) is 7.19. The molecule has 20 heavy (non-hydrogen) atoms. The van der Waals surface area contributed by atoms with Crippen LogP contribution in [0.3, 0.4) is 0 Å². The van der Waals surface area contributed by atoms with E-state index in [9.17, 15) is 13.6 Å². The lowest BCUT2D eigenvalue weighted by atomic mass is 9.99. The van der Waals surface area contributed by atoms with Crippen molar-refractivity contribution in [2.45, 2.75) is 19.3 Å². The topological polar surface area (TPSA) is 50.4 Å². The first-order valence-corrected chi connectivity index (χ1v) is 6.72. The molecule has 1 aromatic carbocycles. The first-order chi connectivity index (χ1) is 9.63. The number of hydrogen-bond donors (Lipinski definition) is 2. The lowest BCUT2D eigenvalue weighted by Gasteiger charge is -2.21. The highest BCUT2D eigenvalue weighted by molar-refractivity contribution is 5.89. The third-order valence-corrected chi connectivity index (χ3v) is 3.21. The van der Waals surface area contributed by atoms with E-state index in [0.29, 0.717) is 12.5 Å². The Morgan fingerprint density at radius 1 is 1.30 bits per heavy atom. The van der Waals surface area contributed by atoms with Crippen molar-refractivity contribution in [3.8, 4) is 0 Å². The fourth-order valence-electron chi connectivity index (χ4n) is 2.23. The van der Waals surface area contributed by atoms with Crippen LogP contribution in [0.2, 0.25) is 0 Å². The Bertz CT molecular complexity index is 442. The first-order valence-electron chi connectivity index (χ1n) is 6.72. The molecule has 1 saturated heterocycles. The molecular formula is C14H18F2N2O2. The summed E-state index contributed by atoms with van der Waals surface area (Å²) in [6.07, 6.45) is 3.00. The van der Waals surface area contributed by atoms with Crippen LogP contribution < -0.4 is 10.6 Å². The van der Waals surface area contributed by atoms with Crippen LogP contribution in [0.5, 0.6) is 0 Å². The highest BCUT2D eigenvalue weighted by atomic mass is 19.1. The zero-order chi connectivity index (χ0) is 14.4. The quantitative estimate of drug-likeness (QED) is 0.893. The van der Waals surface area contributed by atoms with E-state index in [1.165, 1.54) is 0 Å². The van der Waals surface area contributed by atoms with E-state index in [1.54, 1.807) is 0 Å². The van der Waals surface area contributed by atoms with Gasteiger partial charge in [-0.05, 0) is 37.3 Å². The van der Waals surface area contributed by atoms with E-state index in [-0.39, 0.29) is 5.69 Å². The van der Waals surface area contributed by atoms with E-state index in [1.807, 2.05) is 0 Å². The van der Waals surface area contributed by atoms with Gasteiger partial charge in [0.1, 0.15) is 11.6 Å². The van der Waals surface area contributed by atoms with Crippen molar-refractivity contribution in [1.82, 2.24) is 5.32 Å². The molecule has 6 heteroatoms. The molecule has 4 nitrogen and oxygen atoms in total. The number of rotatable bonds is 4. The Balaban J connectivity index is 1.72. The number of nitrogens with one attached hydrogen (secondary N) is 2. The zero-order valence-electron chi connectivity index (χ0n) is 11.1. The van der Waals surface area contributed by atoms with Crippen LogP contribution in [0.4, 0.5) is 19.3 Å². The maximum absolute atomic E-state index is 12.9. The van der Waals surface area contributed by atoms with E-state index >= 15 is 0 Å². The van der Waals surface area contributed by atoms with Gasteiger partial charge in [0.05, 0.1) is 0 Å². The van der Waals surface area contributed by atoms with Crippen LogP contribution in [-0.4, -0.2) is 25.8 Å². The van der Waals surface area contributed by atoms with Crippen molar-refractivity contribution in [3.05, 3.63) is 29.8 Å². The second-order valence-corrected chi connectivity index (χ2v) is 4.91. The van der Waals surface area contributed by atoms with Gasteiger partial charge >= 0.3 is 6.03 Å². The lowest BCUT2D eigenvalue weighted by molar-refractivity contribution is 0.0520. The molecule has 110 valence electrons. The number of amides is 2. The first kappa shape index (κ1) is 14.7. The van der Waals surface area contributed by atoms with Crippen LogP contribution >= 0.6 is 0 Å². The van der Waals surface area contributed by atoms with Gasteiger partial charge in [-0.1, -0.05) is 0 Å². The molecule has 1 aromatic rings. The van der Waals surface area contributed by atoms with E-state index < -0.39 is 17.7 Å². The molecule has 1 aliphatic rings. The molecule has 1 heterocycles. The van der Waals surface area contributed by atoms with Crippen molar-refractivity contribution >= 4 is 11.7 Å². The van der Waals surface area contributed by atoms with Crippen molar-refractivity contribution in [2.24, 2.45) is 5.92 Å². The second-order valence-electron chi connectivity index (χ2n) is 4.91. The predicted octanol–water partition coefficient (Wildman–Crippen LogP) is 2.90. The molecule has 0 radical (unpaired) electrons. The van der Waals surface area contributed by atoms with Gasteiger partial charge in [0.25, 0.3) is 0 Å². The molecule has 0 aromatic heterocycles. The lowest BCUT2D eigenvalue weighted by Crippen LogP contribution is -2.31. The Kier molecular flexibility index (Phi) is 5.29. The molecule has 2 amide bonds. The number of carbonyl (C=O) groups excluding carboxylic acids is 1. The average Bonchev–Trinajstić information content (AvgIpc) is 2.38. The van der Waals surface area contributed by atoms with Crippen molar-refractivity contribution in [3.63, 3.8) is 0 Å². The summed E-state index contributed by atoms with van der Waals surface area (Å²) in [7, 11) is 0. The molecule has 0 bridgehead atoms. The molecule has 0 aliphatic carbocycles. The monoisotopic (exact) mass is 284 g/mol. The minimum absolute atomic E-state index is 0.0981. The Hall–Kier alpha value is -1.69. The minimum atomic E-state index is -0.723. The van der Waals surface area contributed by atoms with Crippen LogP contribution in [-0.2, 0) is 4.74 Å². The molecular weight excluding hydrogens is 266 g/mol. The molecule has 0 saturated carbocycles. The smallest absolute Gasteiger partial charge is 0.319 e. The Labute approximate surface area is 116 Å². The summed E-state index contributed by atoms with van der Waals surface area (Å²) in [5, 5.41) is 5.07. The van der Waals surface area contributed by atoms with Gasteiger partial charge in [-0.15, -0.1) is 0 Å². The van der Waals surface area contributed by atoms with Crippen LogP contribution in [0.25, 0.3) is 0 Å². The summed E-state index contributed by atoms with van der Waals surface area (Å²) in [6.45, 7) is 2.06. The Morgan fingerprint density at radius 2 is 2.05 bits per heavy atom. The maximum atomic E-state index is 12.9. The van der Waals surface area contributed by atoms with Crippen LogP contribution in [0, 0.1) is 17.6 Å². The molecule has 1 atom stereocenters. The molecule has 2 rings (SSSR count). The largest absolute Gasteiger partial charge is 0.381 e. The molecule has 2 N–H and O–H groups in total. The van der Waals surface area contributed by atoms with Gasteiger partial charge < -0.3 is 15.4 Å². The zero-order valence-corrected chi connectivity index (χ0v) is 11.1. The molecule has 1 fully saturated rings. The Morgan fingerprint density at radius 3 is 2.70 bits per heavy atom.